The van der Waals surface area contributed by atoms with Crippen molar-refractivity contribution in [1.29, 1.82) is 0 Å². The Morgan fingerprint density at radius 1 is 1.29 bits per heavy atom. The van der Waals surface area contributed by atoms with Gasteiger partial charge in [-0.1, -0.05) is 48.8 Å². The summed E-state index contributed by atoms with van der Waals surface area (Å²) in [5, 5.41) is 9.70. The Balaban J connectivity index is 2.07. The van der Waals surface area contributed by atoms with Crippen LogP contribution in [0.1, 0.15) is 55.7 Å². The molecule has 6 heteroatoms. The van der Waals surface area contributed by atoms with Crippen molar-refractivity contribution in [3.63, 3.8) is 0 Å². The molecule has 5 nitrogen and oxygen atoms in total. The van der Waals surface area contributed by atoms with Gasteiger partial charge in [0.25, 0.3) is 5.91 Å². The zero-order valence-electron chi connectivity index (χ0n) is 12.6. The fourth-order valence-electron chi connectivity index (χ4n) is 1.79. The van der Waals surface area contributed by atoms with Gasteiger partial charge in [-0.25, -0.2) is 4.98 Å². The highest BCUT2D eigenvalue weighted by Gasteiger charge is 2.22. The van der Waals surface area contributed by atoms with E-state index in [0.29, 0.717) is 5.82 Å². The quantitative estimate of drug-likeness (QED) is 0.891. The first-order valence-corrected chi connectivity index (χ1v) is 7.56. The highest BCUT2D eigenvalue weighted by molar-refractivity contribution is 9.10. The van der Waals surface area contributed by atoms with Crippen LogP contribution in [-0.2, 0) is 5.41 Å². The minimum atomic E-state index is -0.280. The van der Waals surface area contributed by atoms with Gasteiger partial charge in [-0.3, -0.25) is 9.89 Å². The number of hydrogen-bond donors (Lipinski definition) is 2. The first-order valence-electron chi connectivity index (χ1n) is 6.76. The van der Waals surface area contributed by atoms with Crippen LogP contribution in [-0.4, -0.2) is 21.1 Å². The normalized spacial score (nSPS) is 13.0. The van der Waals surface area contributed by atoms with Crippen LogP contribution in [0.3, 0.4) is 0 Å². The van der Waals surface area contributed by atoms with E-state index in [1.165, 1.54) is 0 Å². The van der Waals surface area contributed by atoms with Crippen molar-refractivity contribution in [2.24, 2.45) is 0 Å². The first-order chi connectivity index (χ1) is 9.77. The number of carbonyl (C=O) groups is 1. The average molecular weight is 351 g/mol. The molecule has 0 saturated heterocycles. The summed E-state index contributed by atoms with van der Waals surface area (Å²) in [4.78, 5) is 16.4. The van der Waals surface area contributed by atoms with Gasteiger partial charge in [0.1, 0.15) is 5.82 Å². The molecule has 2 N–H and O–H groups in total. The molecule has 1 heterocycles. The molecule has 0 bridgehead atoms. The van der Waals surface area contributed by atoms with E-state index >= 15 is 0 Å². The molecule has 1 aromatic carbocycles. The lowest BCUT2D eigenvalue weighted by molar-refractivity contribution is 0.0929. The molecule has 0 fully saturated rings. The van der Waals surface area contributed by atoms with E-state index in [1.54, 1.807) is 0 Å². The van der Waals surface area contributed by atoms with Gasteiger partial charge in [-0.05, 0) is 24.6 Å². The number of carbonyl (C=O) groups excluding carboxylic acids is 1. The van der Waals surface area contributed by atoms with E-state index in [-0.39, 0.29) is 23.2 Å². The van der Waals surface area contributed by atoms with Crippen LogP contribution in [0.25, 0.3) is 0 Å². The molecule has 0 aliphatic rings. The Kier molecular flexibility index (Phi) is 4.46. The van der Waals surface area contributed by atoms with Gasteiger partial charge in [-0.2, -0.15) is 0 Å². The number of halogens is 1. The van der Waals surface area contributed by atoms with Crippen molar-refractivity contribution in [2.45, 2.75) is 39.2 Å². The largest absolute Gasteiger partial charge is 0.343 e. The van der Waals surface area contributed by atoms with Crippen LogP contribution in [0.4, 0.5) is 0 Å². The number of hydrogen-bond acceptors (Lipinski definition) is 3. The molecular formula is C15H19BrN4O. The Morgan fingerprint density at radius 3 is 2.43 bits per heavy atom. The Bertz CT molecular complexity index is 628. The second kappa shape index (κ2) is 5.97. The highest BCUT2D eigenvalue weighted by Crippen LogP contribution is 2.18. The SMILES string of the molecule is C[C@H](NC(=O)c1n[nH]c(C(C)(C)C)n1)c1ccc(Br)cc1. The molecule has 0 saturated carbocycles. The summed E-state index contributed by atoms with van der Waals surface area (Å²) < 4.78 is 1.01. The third-order valence-electron chi connectivity index (χ3n) is 3.12. The lowest BCUT2D eigenvalue weighted by Gasteiger charge is -2.14. The number of aromatic amines is 1. The highest BCUT2D eigenvalue weighted by atomic mass is 79.9. The van der Waals surface area contributed by atoms with Crippen LogP contribution in [0.5, 0.6) is 0 Å². The molecule has 2 rings (SSSR count). The molecule has 1 amide bonds. The fourth-order valence-corrected chi connectivity index (χ4v) is 2.06. The van der Waals surface area contributed by atoms with Crippen LogP contribution in [0.2, 0.25) is 0 Å². The maximum absolute atomic E-state index is 12.2. The smallest absolute Gasteiger partial charge is 0.291 e. The third kappa shape index (κ3) is 3.91. The van der Waals surface area contributed by atoms with E-state index < -0.39 is 0 Å². The summed E-state index contributed by atoms with van der Waals surface area (Å²) in [6, 6.07) is 7.72. The van der Waals surface area contributed by atoms with E-state index in [9.17, 15) is 4.79 Å². The van der Waals surface area contributed by atoms with Crippen molar-refractivity contribution >= 4 is 21.8 Å². The molecule has 0 unspecified atom stereocenters. The van der Waals surface area contributed by atoms with E-state index in [2.05, 4.69) is 36.4 Å². The number of rotatable bonds is 3. The van der Waals surface area contributed by atoms with Gasteiger partial charge in [0, 0.05) is 9.89 Å². The van der Waals surface area contributed by atoms with Crippen molar-refractivity contribution in [2.75, 3.05) is 0 Å². The average Bonchev–Trinajstić information content (AvgIpc) is 2.88. The monoisotopic (exact) mass is 350 g/mol. The van der Waals surface area contributed by atoms with Gasteiger partial charge in [0.05, 0.1) is 6.04 Å². The Labute approximate surface area is 132 Å². The topological polar surface area (TPSA) is 70.7 Å². The summed E-state index contributed by atoms with van der Waals surface area (Å²) >= 11 is 3.39. The first kappa shape index (κ1) is 15.7. The third-order valence-corrected chi connectivity index (χ3v) is 3.65. The minimum absolute atomic E-state index is 0.109. The maximum Gasteiger partial charge on any atom is 0.291 e. The molecule has 112 valence electrons. The van der Waals surface area contributed by atoms with Gasteiger partial charge in [-0.15, -0.1) is 5.10 Å². The van der Waals surface area contributed by atoms with Crippen LogP contribution < -0.4 is 5.32 Å². The number of amides is 1. The number of H-pyrrole nitrogens is 1. The van der Waals surface area contributed by atoms with Gasteiger partial charge in [0.2, 0.25) is 5.82 Å². The number of nitrogens with zero attached hydrogens (tertiary/aromatic N) is 2. The molecule has 21 heavy (non-hydrogen) atoms. The summed E-state index contributed by atoms with van der Waals surface area (Å²) in [5.74, 6) is 0.588. The molecule has 0 spiro atoms. The zero-order chi connectivity index (χ0) is 15.6. The molecular weight excluding hydrogens is 332 g/mol. The standard InChI is InChI=1S/C15H19BrN4O/c1-9(10-5-7-11(16)8-6-10)17-13(21)12-18-14(20-19-12)15(2,3)4/h5-9H,1-4H3,(H,17,21)(H,18,19,20)/t9-/m0/s1. The van der Waals surface area contributed by atoms with Crippen LogP contribution in [0, 0.1) is 0 Å². The van der Waals surface area contributed by atoms with Crippen molar-refractivity contribution in [3.05, 3.63) is 46.0 Å². The Morgan fingerprint density at radius 2 is 1.90 bits per heavy atom. The second-order valence-electron chi connectivity index (χ2n) is 6.00. The van der Waals surface area contributed by atoms with Gasteiger partial charge in [0.15, 0.2) is 0 Å². The lowest BCUT2D eigenvalue weighted by Crippen LogP contribution is -2.27. The van der Waals surface area contributed by atoms with Crippen LogP contribution >= 0.6 is 15.9 Å². The molecule has 0 aliphatic heterocycles. The minimum Gasteiger partial charge on any atom is -0.343 e. The summed E-state index contributed by atoms with van der Waals surface area (Å²) in [6.45, 7) is 7.97. The van der Waals surface area contributed by atoms with Gasteiger partial charge >= 0.3 is 0 Å². The van der Waals surface area contributed by atoms with Crippen molar-refractivity contribution in [3.8, 4) is 0 Å². The number of aromatic nitrogens is 3. The summed E-state index contributed by atoms with van der Waals surface area (Å²) in [6.07, 6.45) is 0. The van der Waals surface area contributed by atoms with Gasteiger partial charge < -0.3 is 5.32 Å². The van der Waals surface area contributed by atoms with Crippen molar-refractivity contribution < 1.29 is 4.79 Å². The zero-order valence-corrected chi connectivity index (χ0v) is 14.2. The predicted octanol–water partition coefficient (Wildman–Crippen LogP) is 3.36. The second-order valence-corrected chi connectivity index (χ2v) is 6.92. The number of nitrogens with one attached hydrogen (secondary N) is 2. The van der Waals surface area contributed by atoms with E-state index in [1.807, 2.05) is 52.0 Å². The van der Waals surface area contributed by atoms with Crippen LogP contribution in [0.15, 0.2) is 28.7 Å². The van der Waals surface area contributed by atoms with Crippen molar-refractivity contribution in [1.82, 2.24) is 20.5 Å². The maximum atomic E-state index is 12.2. The lowest BCUT2D eigenvalue weighted by atomic mass is 9.96. The predicted molar refractivity (Wildman–Crippen MR) is 85.1 cm³/mol. The fraction of sp³-hybridized carbons (Fsp3) is 0.400. The molecule has 1 aromatic heterocycles. The molecule has 2 aromatic rings. The van der Waals surface area contributed by atoms with E-state index in [0.717, 1.165) is 10.0 Å². The molecule has 0 radical (unpaired) electrons. The summed E-state index contributed by atoms with van der Waals surface area (Å²) in [7, 11) is 0. The number of benzene rings is 1. The molecule has 1 atom stereocenters. The van der Waals surface area contributed by atoms with E-state index in [4.69, 9.17) is 0 Å². The Hall–Kier alpha value is -1.69. The summed E-state index contributed by atoms with van der Waals surface area (Å²) in [5.41, 5.74) is 0.862. The molecule has 0 aliphatic carbocycles.